The van der Waals surface area contributed by atoms with E-state index in [-0.39, 0.29) is 24.2 Å². The Bertz CT molecular complexity index is 1100. The number of aromatic nitrogens is 1. The Morgan fingerprint density at radius 2 is 1.83 bits per heavy atom. The number of urea groups is 1. The summed E-state index contributed by atoms with van der Waals surface area (Å²) in [6.07, 6.45) is 5.31. The van der Waals surface area contributed by atoms with Crippen molar-refractivity contribution < 1.29 is 4.79 Å². The first-order valence-corrected chi connectivity index (χ1v) is 10.8. The number of pyridine rings is 1. The zero-order valence-corrected chi connectivity index (χ0v) is 17.8. The molecule has 156 valence electrons. The Labute approximate surface area is 181 Å². The van der Waals surface area contributed by atoms with Crippen molar-refractivity contribution in [1.82, 2.24) is 9.88 Å². The van der Waals surface area contributed by atoms with Crippen LogP contribution in [-0.4, -0.2) is 22.0 Å². The quantitative estimate of drug-likeness (QED) is 0.552. The molecule has 1 fully saturated rings. The molecule has 0 unspecified atom stereocenters. The monoisotopic (exact) mass is 423 g/mol. The van der Waals surface area contributed by atoms with Crippen LogP contribution in [0.2, 0.25) is 5.02 Å². The molecular weight excluding hydrogens is 398 g/mol. The number of amides is 2. The number of aryl methyl sites for hydroxylation is 1. The number of halogens is 1. The molecule has 2 amide bonds. The highest BCUT2D eigenvalue weighted by molar-refractivity contribution is 6.30. The van der Waals surface area contributed by atoms with Gasteiger partial charge in [0, 0.05) is 27.8 Å². The lowest BCUT2D eigenvalue weighted by Crippen LogP contribution is -2.44. The van der Waals surface area contributed by atoms with Crippen molar-refractivity contribution in [3.63, 3.8) is 0 Å². The van der Waals surface area contributed by atoms with Gasteiger partial charge in [0.25, 0.3) is 5.56 Å². The van der Waals surface area contributed by atoms with E-state index in [1.807, 2.05) is 36.1 Å². The van der Waals surface area contributed by atoms with Crippen LogP contribution in [0.5, 0.6) is 0 Å². The maximum absolute atomic E-state index is 13.2. The minimum Gasteiger partial charge on any atom is -0.322 e. The van der Waals surface area contributed by atoms with Crippen LogP contribution in [0, 0.1) is 6.92 Å². The maximum Gasteiger partial charge on any atom is 0.322 e. The van der Waals surface area contributed by atoms with Gasteiger partial charge in [-0.1, -0.05) is 43.0 Å². The number of anilines is 1. The molecule has 5 nitrogen and oxygen atoms in total. The van der Waals surface area contributed by atoms with Crippen LogP contribution in [0.4, 0.5) is 10.5 Å². The van der Waals surface area contributed by atoms with Gasteiger partial charge in [-0.05, 0) is 67.1 Å². The summed E-state index contributed by atoms with van der Waals surface area (Å²) in [5.41, 5.74) is 3.06. The largest absolute Gasteiger partial charge is 0.322 e. The summed E-state index contributed by atoms with van der Waals surface area (Å²) in [4.78, 5) is 30.7. The normalized spacial score (nSPS) is 14.6. The molecule has 0 atom stereocenters. The fourth-order valence-electron chi connectivity index (χ4n) is 4.15. The molecule has 1 aliphatic rings. The number of aromatic amines is 1. The minimum absolute atomic E-state index is 0.124. The molecule has 6 heteroatoms. The van der Waals surface area contributed by atoms with E-state index in [9.17, 15) is 9.59 Å². The first kappa shape index (κ1) is 20.5. The van der Waals surface area contributed by atoms with E-state index in [1.54, 1.807) is 24.3 Å². The molecule has 1 aliphatic carbocycles. The number of benzene rings is 2. The summed E-state index contributed by atoms with van der Waals surface area (Å²) < 4.78 is 0. The highest BCUT2D eigenvalue weighted by atomic mass is 35.5. The van der Waals surface area contributed by atoms with Crippen LogP contribution < -0.4 is 10.9 Å². The topological polar surface area (TPSA) is 65.2 Å². The van der Waals surface area contributed by atoms with Crippen LogP contribution in [0.15, 0.2) is 53.3 Å². The zero-order chi connectivity index (χ0) is 21.1. The molecule has 0 aliphatic heterocycles. The number of nitrogens with zero attached hydrogens (tertiary/aromatic N) is 1. The summed E-state index contributed by atoms with van der Waals surface area (Å²) in [6.45, 7) is 2.28. The van der Waals surface area contributed by atoms with Gasteiger partial charge >= 0.3 is 6.03 Å². The Kier molecular flexibility index (Phi) is 6.09. The lowest BCUT2D eigenvalue weighted by Gasteiger charge is -2.34. The fraction of sp³-hybridized carbons (Fsp3) is 0.333. The molecule has 2 aromatic carbocycles. The fourth-order valence-corrected chi connectivity index (χ4v) is 4.27. The predicted octanol–water partition coefficient (Wildman–Crippen LogP) is 5.86. The van der Waals surface area contributed by atoms with Crippen molar-refractivity contribution in [3.05, 3.63) is 75.0 Å². The summed E-state index contributed by atoms with van der Waals surface area (Å²) >= 11 is 5.95. The SMILES string of the molecule is Cc1ccc2cc(CN(C(=O)Nc3ccc(Cl)cc3)C3CCCCC3)c(=O)[nH]c2c1. The lowest BCUT2D eigenvalue weighted by atomic mass is 9.94. The van der Waals surface area contributed by atoms with E-state index in [2.05, 4.69) is 10.3 Å². The standard InChI is InChI=1S/C24H26ClN3O2/c1-16-7-8-17-14-18(23(29)27-22(17)13-16)15-28(21-5-3-2-4-6-21)24(30)26-20-11-9-19(25)10-12-20/h7-14,21H,2-6,15H2,1H3,(H,26,30)(H,27,29). The predicted molar refractivity (Wildman–Crippen MR) is 122 cm³/mol. The second-order valence-electron chi connectivity index (χ2n) is 8.07. The molecule has 3 aromatic rings. The van der Waals surface area contributed by atoms with Gasteiger partial charge in [-0.15, -0.1) is 0 Å². The second-order valence-corrected chi connectivity index (χ2v) is 8.51. The highest BCUT2D eigenvalue weighted by Gasteiger charge is 2.26. The number of hydrogen-bond donors (Lipinski definition) is 2. The summed E-state index contributed by atoms with van der Waals surface area (Å²) in [5.74, 6) is 0. The van der Waals surface area contributed by atoms with Crippen molar-refractivity contribution in [2.45, 2.75) is 51.6 Å². The van der Waals surface area contributed by atoms with Crippen molar-refractivity contribution in [1.29, 1.82) is 0 Å². The second kappa shape index (κ2) is 8.92. The van der Waals surface area contributed by atoms with Crippen LogP contribution in [0.25, 0.3) is 10.9 Å². The highest BCUT2D eigenvalue weighted by Crippen LogP contribution is 2.25. The smallest absolute Gasteiger partial charge is 0.322 e. The number of rotatable bonds is 4. The third-order valence-corrected chi connectivity index (χ3v) is 6.04. The molecule has 1 saturated carbocycles. The van der Waals surface area contributed by atoms with Crippen LogP contribution in [0.3, 0.4) is 0 Å². The van der Waals surface area contributed by atoms with Gasteiger partial charge in [-0.25, -0.2) is 4.79 Å². The number of carbonyl (C=O) groups excluding carboxylic acids is 1. The number of H-pyrrole nitrogens is 1. The van der Waals surface area contributed by atoms with Gasteiger partial charge in [0.1, 0.15) is 0 Å². The van der Waals surface area contributed by atoms with Crippen LogP contribution in [-0.2, 0) is 6.54 Å². The van der Waals surface area contributed by atoms with Gasteiger partial charge in [0.2, 0.25) is 0 Å². The number of fused-ring (bicyclic) bond motifs is 1. The number of carbonyl (C=O) groups is 1. The Hall–Kier alpha value is -2.79. The van der Waals surface area contributed by atoms with E-state index in [0.29, 0.717) is 16.3 Å². The van der Waals surface area contributed by atoms with E-state index in [4.69, 9.17) is 11.6 Å². The summed E-state index contributed by atoms with van der Waals surface area (Å²) in [6, 6.07) is 14.9. The third-order valence-electron chi connectivity index (χ3n) is 5.79. The number of hydrogen-bond acceptors (Lipinski definition) is 2. The van der Waals surface area contributed by atoms with Gasteiger partial charge in [-0.3, -0.25) is 4.79 Å². The average molecular weight is 424 g/mol. The molecule has 0 spiro atoms. The van der Waals surface area contributed by atoms with E-state index < -0.39 is 0 Å². The maximum atomic E-state index is 13.2. The molecule has 1 aromatic heterocycles. The molecule has 2 N–H and O–H groups in total. The van der Waals surface area contributed by atoms with Crippen molar-refractivity contribution >= 4 is 34.2 Å². The van der Waals surface area contributed by atoms with E-state index in [1.165, 1.54) is 6.42 Å². The first-order chi connectivity index (χ1) is 14.5. The van der Waals surface area contributed by atoms with Crippen LogP contribution >= 0.6 is 11.6 Å². The molecule has 0 saturated heterocycles. The lowest BCUT2D eigenvalue weighted by molar-refractivity contribution is 0.162. The third kappa shape index (κ3) is 4.68. The van der Waals surface area contributed by atoms with Gasteiger partial charge in [0.15, 0.2) is 0 Å². The van der Waals surface area contributed by atoms with Crippen molar-refractivity contribution in [2.24, 2.45) is 0 Å². The molecule has 4 rings (SSSR count). The zero-order valence-electron chi connectivity index (χ0n) is 17.1. The van der Waals surface area contributed by atoms with Gasteiger partial charge < -0.3 is 15.2 Å². The average Bonchev–Trinajstić information content (AvgIpc) is 2.74. The van der Waals surface area contributed by atoms with Gasteiger partial charge in [-0.2, -0.15) is 0 Å². The minimum atomic E-state index is -0.187. The Morgan fingerprint density at radius 3 is 2.57 bits per heavy atom. The van der Waals surface area contributed by atoms with E-state index in [0.717, 1.165) is 42.1 Å². The Balaban J connectivity index is 1.62. The molecule has 30 heavy (non-hydrogen) atoms. The van der Waals surface area contributed by atoms with Crippen molar-refractivity contribution in [3.8, 4) is 0 Å². The van der Waals surface area contributed by atoms with Crippen LogP contribution in [0.1, 0.15) is 43.2 Å². The molecule has 0 radical (unpaired) electrons. The van der Waals surface area contributed by atoms with E-state index >= 15 is 0 Å². The molecule has 0 bridgehead atoms. The van der Waals surface area contributed by atoms with Crippen molar-refractivity contribution in [2.75, 3.05) is 5.32 Å². The number of nitrogens with one attached hydrogen (secondary N) is 2. The summed E-state index contributed by atoms with van der Waals surface area (Å²) in [7, 11) is 0. The molecule has 1 heterocycles. The van der Waals surface area contributed by atoms with Gasteiger partial charge in [0.05, 0.1) is 6.54 Å². The first-order valence-electron chi connectivity index (χ1n) is 10.5. The molecular formula is C24H26ClN3O2. The Morgan fingerprint density at radius 1 is 1.10 bits per heavy atom. The summed E-state index contributed by atoms with van der Waals surface area (Å²) in [5, 5.41) is 4.56.